The van der Waals surface area contributed by atoms with Crippen molar-refractivity contribution < 1.29 is 14.7 Å². The zero-order valence-corrected chi connectivity index (χ0v) is 14.1. The summed E-state index contributed by atoms with van der Waals surface area (Å²) in [6.07, 6.45) is 22.3. The fraction of sp³-hybridized carbons (Fsp3) is 0.611. The van der Waals surface area contributed by atoms with Gasteiger partial charge in [-0.2, -0.15) is 0 Å². The summed E-state index contributed by atoms with van der Waals surface area (Å²) in [7, 11) is 0. The molecule has 0 saturated heterocycles. The molecule has 0 unspecified atom stereocenters. The lowest BCUT2D eigenvalue weighted by molar-refractivity contribution is -0.729. The Morgan fingerprint density at radius 3 is 2.13 bits per heavy atom. The Morgan fingerprint density at radius 1 is 0.913 bits per heavy atom. The van der Waals surface area contributed by atoms with E-state index >= 15 is 0 Å². The molecule has 0 bridgehead atoms. The molecule has 130 valence electrons. The Morgan fingerprint density at radius 2 is 1.48 bits per heavy atom. The predicted octanol–water partition coefficient (Wildman–Crippen LogP) is 5.31. The van der Waals surface area contributed by atoms with Crippen molar-refractivity contribution >= 4 is 5.97 Å². The molecule has 0 atom stereocenters. The molecule has 0 aromatic rings. The number of unbranched alkanes of at least 4 members (excludes halogenated alkanes) is 5. The first-order valence-corrected chi connectivity index (χ1v) is 8.47. The van der Waals surface area contributed by atoms with Crippen LogP contribution < -0.4 is 0 Å². The van der Waals surface area contributed by atoms with E-state index in [0.717, 1.165) is 51.4 Å². The van der Waals surface area contributed by atoms with Gasteiger partial charge in [0.2, 0.25) is 0 Å². The summed E-state index contributed by atoms with van der Waals surface area (Å²) in [5, 5.41) is 8.87. The topological polar surface area (TPSA) is 69.4 Å². The molecule has 0 radical (unpaired) electrons. The third kappa shape index (κ3) is 18.0. The second kappa shape index (κ2) is 16.5. The van der Waals surface area contributed by atoms with E-state index in [9.17, 15) is 14.9 Å². The molecule has 5 nitrogen and oxygen atoms in total. The zero-order valence-electron chi connectivity index (χ0n) is 14.1. The maximum atomic E-state index is 10.9. The van der Waals surface area contributed by atoms with E-state index in [1.807, 2.05) is 0 Å². The minimum Gasteiger partial charge on any atom is -0.268 e. The summed E-state index contributed by atoms with van der Waals surface area (Å²) in [5.41, 5.74) is 0. The van der Waals surface area contributed by atoms with Crippen LogP contribution in [0.5, 0.6) is 0 Å². The minimum atomic E-state index is -1.05. The number of hydrogen-bond acceptors (Lipinski definition) is 4. The molecular formula is C18H29NO4. The lowest BCUT2D eigenvalue weighted by Crippen LogP contribution is -2.09. The third-order valence-corrected chi connectivity index (χ3v) is 3.21. The molecule has 0 fully saturated rings. The molecular weight excluding hydrogens is 294 g/mol. The molecule has 5 heteroatoms. The monoisotopic (exact) mass is 323 g/mol. The maximum Gasteiger partial charge on any atom is 0.303 e. The summed E-state index contributed by atoms with van der Waals surface area (Å²) < 4.78 is 0. The van der Waals surface area contributed by atoms with Gasteiger partial charge in [0, 0.05) is 6.42 Å². The standard InChI is InChI=1S/C18H29NO4/c1-2-3-4-5-6-7-8-9-10-11-12-13-14-15-16-17-18(20)23-19(21)22/h3-4,6-7,9-10H,2,5,8,11-17H2,1H3/b4-3-,7-6-,10-9-. The Bertz CT molecular complexity index is 400. The fourth-order valence-corrected chi connectivity index (χ4v) is 2.02. The Kier molecular flexibility index (Phi) is 15.1. The summed E-state index contributed by atoms with van der Waals surface area (Å²) in [6, 6.07) is 0. The number of nitrogens with zero attached hydrogens (tertiary/aromatic N) is 1. The smallest absolute Gasteiger partial charge is 0.268 e. The SMILES string of the molecule is CC/C=C\C/C=C\C/C=C\CCCCCCCC(=O)O[N+](=O)[O-]. The first kappa shape index (κ1) is 21.1. The van der Waals surface area contributed by atoms with Gasteiger partial charge in [-0.15, -0.1) is 10.1 Å². The highest BCUT2D eigenvalue weighted by molar-refractivity contribution is 5.68. The lowest BCUT2D eigenvalue weighted by atomic mass is 10.1. The predicted molar refractivity (Wildman–Crippen MR) is 92.4 cm³/mol. The van der Waals surface area contributed by atoms with Crippen LogP contribution in [0.25, 0.3) is 0 Å². The Labute approximate surface area is 139 Å². The quantitative estimate of drug-likeness (QED) is 0.188. The highest BCUT2D eigenvalue weighted by atomic mass is 17.0. The van der Waals surface area contributed by atoms with E-state index in [0.29, 0.717) is 6.42 Å². The van der Waals surface area contributed by atoms with E-state index in [4.69, 9.17) is 0 Å². The molecule has 0 aromatic carbocycles. The summed E-state index contributed by atoms with van der Waals surface area (Å²) in [6.45, 7) is 2.13. The average molecular weight is 323 g/mol. The van der Waals surface area contributed by atoms with Crippen LogP contribution in [0, 0.1) is 10.1 Å². The average Bonchev–Trinajstić information content (AvgIpc) is 2.50. The van der Waals surface area contributed by atoms with E-state index in [1.165, 1.54) is 0 Å². The first-order valence-electron chi connectivity index (χ1n) is 8.47. The van der Waals surface area contributed by atoms with Crippen molar-refractivity contribution in [2.24, 2.45) is 0 Å². The van der Waals surface area contributed by atoms with Gasteiger partial charge in [-0.1, -0.05) is 62.6 Å². The number of hydrogen-bond donors (Lipinski definition) is 0. The Balaban J connectivity index is 3.32. The largest absolute Gasteiger partial charge is 0.303 e. The molecule has 0 saturated carbocycles. The number of carbonyl (C=O) groups excluding carboxylic acids is 1. The van der Waals surface area contributed by atoms with Gasteiger partial charge in [0.1, 0.15) is 0 Å². The highest BCUT2D eigenvalue weighted by Gasteiger charge is 2.06. The van der Waals surface area contributed by atoms with Crippen molar-refractivity contribution in [3.63, 3.8) is 0 Å². The van der Waals surface area contributed by atoms with Gasteiger partial charge in [-0.25, -0.2) is 4.84 Å². The first-order chi connectivity index (χ1) is 11.2. The minimum absolute atomic E-state index is 0.126. The number of carbonyl (C=O) groups is 1. The molecule has 0 N–H and O–H groups in total. The van der Waals surface area contributed by atoms with Crippen molar-refractivity contribution in [3.05, 3.63) is 46.6 Å². The molecule has 0 aliphatic rings. The number of allylic oxidation sites excluding steroid dienone is 6. The molecule has 0 spiro atoms. The Hall–Kier alpha value is -1.91. The van der Waals surface area contributed by atoms with Crippen LogP contribution >= 0.6 is 0 Å². The van der Waals surface area contributed by atoms with Crippen LogP contribution in [-0.4, -0.2) is 11.1 Å². The van der Waals surface area contributed by atoms with E-state index in [2.05, 4.69) is 48.2 Å². The third-order valence-electron chi connectivity index (χ3n) is 3.21. The van der Waals surface area contributed by atoms with Gasteiger partial charge >= 0.3 is 11.1 Å². The number of rotatable bonds is 14. The maximum absolute atomic E-state index is 10.9. The van der Waals surface area contributed by atoms with Crippen LogP contribution in [0.15, 0.2) is 36.5 Å². The van der Waals surface area contributed by atoms with Crippen LogP contribution in [0.4, 0.5) is 0 Å². The van der Waals surface area contributed by atoms with E-state index in [1.54, 1.807) is 0 Å². The highest BCUT2D eigenvalue weighted by Crippen LogP contribution is 2.08. The van der Waals surface area contributed by atoms with Crippen LogP contribution in [0.3, 0.4) is 0 Å². The summed E-state index contributed by atoms with van der Waals surface area (Å²) >= 11 is 0. The molecule has 0 amide bonds. The van der Waals surface area contributed by atoms with Crippen molar-refractivity contribution in [3.8, 4) is 0 Å². The fourth-order valence-electron chi connectivity index (χ4n) is 2.02. The van der Waals surface area contributed by atoms with Gasteiger partial charge in [0.05, 0.1) is 0 Å². The van der Waals surface area contributed by atoms with Crippen molar-refractivity contribution in [1.29, 1.82) is 0 Å². The molecule has 0 heterocycles. The van der Waals surface area contributed by atoms with Crippen molar-refractivity contribution in [2.45, 2.75) is 71.1 Å². The van der Waals surface area contributed by atoms with Gasteiger partial charge in [0.25, 0.3) is 0 Å². The molecule has 0 aliphatic heterocycles. The molecule has 23 heavy (non-hydrogen) atoms. The van der Waals surface area contributed by atoms with Crippen molar-refractivity contribution in [2.75, 3.05) is 0 Å². The van der Waals surface area contributed by atoms with Gasteiger partial charge in [0.15, 0.2) is 0 Å². The van der Waals surface area contributed by atoms with E-state index < -0.39 is 11.1 Å². The second-order valence-electron chi connectivity index (χ2n) is 5.29. The van der Waals surface area contributed by atoms with Crippen molar-refractivity contribution in [1.82, 2.24) is 0 Å². The van der Waals surface area contributed by atoms with Gasteiger partial charge < -0.3 is 0 Å². The summed E-state index contributed by atoms with van der Waals surface area (Å²) in [5.74, 6) is -0.754. The molecule has 0 aromatic heterocycles. The lowest BCUT2D eigenvalue weighted by Gasteiger charge is -1.99. The van der Waals surface area contributed by atoms with Crippen LogP contribution in [-0.2, 0) is 9.63 Å². The van der Waals surface area contributed by atoms with E-state index in [-0.39, 0.29) is 6.42 Å². The normalized spacial score (nSPS) is 11.7. The zero-order chi connectivity index (χ0) is 17.2. The van der Waals surface area contributed by atoms with Gasteiger partial charge in [-0.05, 0) is 38.5 Å². The van der Waals surface area contributed by atoms with Crippen LogP contribution in [0.1, 0.15) is 71.1 Å². The second-order valence-corrected chi connectivity index (χ2v) is 5.29. The summed E-state index contributed by atoms with van der Waals surface area (Å²) in [4.78, 5) is 24.7. The van der Waals surface area contributed by atoms with Crippen LogP contribution in [0.2, 0.25) is 0 Å². The molecule has 0 aliphatic carbocycles. The van der Waals surface area contributed by atoms with Gasteiger partial charge in [-0.3, -0.25) is 4.79 Å². The molecule has 0 rings (SSSR count).